The van der Waals surface area contributed by atoms with E-state index in [1.54, 1.807) is 11.8 Å². The zero-order valence-corrected chi connectivity index (χ0v) is 10.3. The molecule has 1 saturated carbocycles. The van der Waals surface area contributed by atoms with Crippen molar-refractivity contribution >= 4 is 17.7 Å². The van der Waals surface area contributed by atoms with Crippen molar-refractivity contribution in [3.8, 4) is 0 Å². The van der Waals surface area contributed by atoms with Crippen molar-refractivity contribution in [1.82, 2.24) is 0 Å². The van der Waals surface area contributed by atoms with Gasteiger partial charge in [0.1, 0.15) is 5.54 Å². The average molecular weight is 231 g/mol. The molecule has 3 N–H and O–H groups in total. The molecule has 0 radical (unpaired) electrons. The van der Waals surface area contributed by atoms with Gasteiger partial charge in [0.15, 0.2) is 0 Å². The van der Waals surface area contributed by atoms with Gasteiger partial charge in [-0.2, -0.15) is 11.8 Å². The first kappa shape index (κ1) is 12.8. The van der Waals surface area contributed by atoms with Gasteiger partial charge in [0, 0.05) is 5.75 Å². The Kier molecular flexibility index (Phi) is 4.46. The molecule has 0 aromatic heterocycles. The van der Waals surface area contributed by atoms with Crippen LogP contribution in [0.5, 0.6) is 0 Å². The van der Waals surface area contributed by atoms with E-state index < -0.39 is 11.5 Å². The second-order valence-electron chi connectivity index (χ2n) is 4.65. The smallest absolute Gasteiger partial charge is 0.324 e. The second-order valence-corrected chi connectivity index (χ2v) is 5.68. The summed E-state index contributed by atoms with van der Waals surface area (Å²) in [5, 5.41) is 9.13. The van der Waals surface area contributed by atoms with Crippen molar-refractivity contribution < 1.29 is 9.90 Å². The van der Waals surface area contributed by atoms with Gasteiger partial charge in [0.25, 0.3) is 0 Å². The summed E-state index contributed by atoms with van der Waals surface area (Å²) >= 11 is 1.68. The zero-order chi connectivity index (χ0) is 11.5. The molecule has 15 heavy (non-hydrogen) atoms. The first-order valence-corrected chi connectivity index (χ1v) is 6.76. The summed E-state index contributed by atoms with van der Waals surface area (Å²) < 4.78 is 0. The number of carboxylic acids is 1. The molecule has 1 aliphatic rings. The van der Waals surface area contributed by atoms with Crippen molar-refractivity contribution in [3.63, 3.8) is 0 Å². The predicted molar refractivity (Wildman–Crippen MR) is 64.1 cm³/mol. The first-order chi connectivity index (χ1) is 7.00. The molecule has 4 heteroatoms. The molecule has 3 nitrogen and oxygen atoms in total. The van der Waals surface area contributed by atoms with Gasteiger partial charge in [0.2, 0.25) is 0 Å². The van der Waals surface area contributed by atoms with Gasteiger partial charge in [-0.05, 0) is 30.4 Å². The van der Waals surface area contributed by atoms with E-state index in [0.717, 1.165) is 25.0 Å². The fraction of sp³-hybridized carbons (Fsp3) is 0.909. The Morgan fingerprint density at radius 3 is 2.67 bits per heavy atom. The minimum atomic E-state index is -0.974. The van der Waals surface area contributed by atoms with E-state index in [0.29, 0.717) is 11.7 Å². The fourth-order valence-electron chi connectivity index (χ4n) is 1.50. The number of thioether (sulfide) groups is 1. The Bertz CT molecular complexity index is 231. The van der Waals surface area contributed by atoms with Gasteiger partial charge in [-0.25, -0.2) is 0 Å². The van der Waals surface area contributed by atoms with Crippen molar-refractivity contribution in [2.45, 2.75) is 38.6 Å². The maximum atomic E-state index is 11.1. The lowest BCUT2D eigenvalue weighted by molar-refractivity contribution is -0.143. The molecular weight excluding hydrogens is 210 g/mol. The van der Waals surface area contributed by atoms with E-state index in [2.05, 4.69) is 13.8 Å². The van der Waals surface area contributed by atoms with Crippen molar-refractivity contribution in [3.05, 3.63) is 0 Å². The number of carbonyl (C=O) groups is 1. The van der Waals surface area contributed by atoms with Gasteiger partial charge in [-0.15, -0.1) is 0 Å². The van der Waals surface area contributed by atoms with E-state index >= 15 is 0 Å². The lowest BCUT2D eigenvalue weighted by atomic mass is 9.98. The van der Waals surface area contributed by atoms with Gasteiger partial charge < -0.3 is 10.8 Å². The van der Waals surface area contributed by atoms with Gasteiger partial charge in [-0.3, -0.25) is 4.79 Å². The summed E-state index contributed by atoms with van der Waals surface area (Å²) in [5.74, 6) is 1.58. The zero-order valence-electron chi connectivity index (χ0n) is 9.53. The maximum absolute atomic E-state index is 11.1. The Balaban J connectivity index is 2.36. The molecule has 0 bridgehead atoms. The molecule has 1 rings (SSSR count). The Morgan fingerprint density at radius 2 is 2.27 bits per heavy atom. The maximum Gasteiger partial charge on any atom is 0.324 e. The molecule has 0 aliphatic heterocycles. The van der Waals surface area contributed by atoms with Crippen LogP contribution in [0.2, 0.25) is 0 Å². The van der Waals surface area contributed by atoms with Crippen LogP contribution in [0.3, 0.4) is 0 Å². The molecule has 0 amide bonds. The number of hydrogen-bond acceptors (Lipinski definition) is 3. The third-order valence-corrected chi connectivity index (χ3v) is 4.63. The third kappa shape index (κ3) is 3.38. The molecule has 2 unspecified atom stereocenters. The minimum absolute atomic E-state index is 0.208. The normalized spacial score (nSPS) is 22.1. The molecule has 0 aromatic carbocycles. The minimum Gasteiger partial charge on any atom is -0.480 e. The highest BCUT2D eigenvalue weighted by Gasteiger charge is 2.47. The summed E-state index contributed by atoms with van der Waals surface area (Å²) in [5.41, 5.74) is 4.98. The van der Waals surface area contributed by atoms with Crippen LogP contribution in [-0.4, -0.2) is 28.1 Å². The summed E-state index contributed by atoms with van der Waals surface area (Å²) in [6.45, 7) is 4.34. The molecule has 0 saturated heterocycles. The molecule has 1 aliphatic carbocycles. The lowest BCUT2D eigenvalue weighted by Crippen LogP contribution is -2.52. The van der Waals surface area contributed by atoms with Gasteiger partial charge in [0.05, 0.1) is 0 Å². The Hall–Kier alpha value is -0.220. The van der Waals surface area contributed by atoms with Gasteiger partial charge >= 0.3 is 5.97 Å². The van der Waals surface area contributed by atoms with E-state index in [1.807, 2.05) is 0 Å². The highest BCUT2D eigenvalue weighted by atomic mass is 32.2. The molecule has 1 fully saturated rings. The quantitative estimate of drug-likeness (QED) is 0.703. The van der Waals surface area contributed by atoms with Crippen molar-refractivity contribution in [1.29, 1.82) is 0 Å². The highest BCUT2D eigenvalue weighted by molar-refractivity contribution is 7.99. The molecule has 0 spiro atoms. The van der Waals surface area contributed by atoms with E-state index in [1.165, 1.54) is 0 Å². The van der Waals surface area contributed by atoms with E-state index in [9.17, 15) is 4.79 Å². The monoisotopic (exact) mass is 231 g/mol. The third-order valence-electron chi connectivity index (χ3n) is 3.14. The molecule has 2 atom stereocenters. The lowest BCUT2D eigenvalue weighted by Gasteiger charge is -2.24. The van der Waals surface area contributed by atoms with Gasteiger partial charge in [-0.1, -0.05) is 20.3 Å². The number of nitrogens with two attached hydrogens (primary N) is 1. The average Bonchev–Trinajstić information content (AvgIpc) is 3.00. The van der Waals surface area contributed by atoms with Crippen LogP contribution in [0, 0.1) is 11.8 Å². The summed E-state index contributed by atoms with van der Waals surface area (Å²) in [7, 11) is 0. The van der Waals surface area contributed by atoms with E-state index in [4.69, 9.17) is 10.8 Å². The van der Waals surface area contributed by atoms with E-state index in [-0.39, 0.29) is 5.92 Å². The van der Waals surface area contributed by atoms with Crippen molar-refractivity contribution in [2.24, 2.45) is 17.6 Å². The SMILES string of the molecule is CCC(C)CSCC(N)(C(=O)O)C1CC1. The standard InChI is InChI=1S/C11H21NO2S/c1-3-8(2)6-15-7-11(12,10(13)14)9-4-5-9/h8-9H,3-7,12H2,1-2H3,(H,13,14). The Labute approximate surface area is 95.8 Å². The first-order valence-electron chi connectivity index (χ1n) is 5.60. The largest absolute Gasteiger partial charge is 0.480 e. The van der Waals surface area contributed by atoms with Crippen LogP contribution in [0.4, 0.5) is 0 Å². The summed E-state index contributed by atoms with van der Waals surface area (Å²) in [6.07, 6.45) is 3.10. The number of carboxylic acid groups (broad SMARTS) is 1. The summed E-state index contributed by atoms with van der Waals surface area (Å²) in [6, 6.07) is 0. The molecule has 0 heterocycles. The summed E-state index contributed by atoms with van der Waals surface area (Å²) in [4.78, 5) is 11.1. The molecule has 88 valence electrons. The Morgan fingerprint density at radius 1 is 1.67 bits per heavy atom. The van der Waals surface area contributed by atoms with Crippen LogP contribution >= 0.6 is 11.8 Å². The van der Waals surface area contributed by atoms with Crippen LogP contribution in [0.25, 0.3) is 0 Å². The number of rotatable bonds is 7. The van der Waals surface area contributed by atoms with Crippen LogP contribution in [0.1, 0.15) is 33.1 Å². The van der Waals surface area contributed by atoms with Crippen LogP contribution < -0.4 is 5.73 Å². The number of hydrogen-bond donors (Lipinski definition) is 2. The molecule has 0 aromatic rings. The predicted octanol–water partition coefficient (Wildman–Crippen LogP) is 1.96. The fourth-order valence-corrected chi connectivity index (χ4v) is 2.95. The van der Waals surface area contributed by atoms with Crippen LogP contribution in [0.15, 0.2) is 0 Å². The topological polar surface area (TPSA) is 63.3 Å². The van der Waals surface area contributed by atoms with Crippen molar-refractivity contribution in [2.75, 3.05) is 11.5 Å². The second kappa shape index (κ2) is 5.21. The highest BCUT2D eigenvalue weighted by Crippen LogP contribution is 2.40. The van der Waals surface area contributed by atoms with Crippen LogP contribution in [-0.2, 0) is 4.79 Å². The molecular formula is C11H21NO2S. The number of aliphatic carboxylic acids is 1.